The van der Waals surface area contributed by atoms with Gasteiger partial charge in [0.05, 0.1) is 12.7 Å². The Bertz CT molecular complexity index is 1090. The number of methoxy groups -OCH3 is 1. The van der Waals surface area contributed by atoms with Crippen LogP contribution in [0.25, 0.3) is 6.08 Å². The van der Waals surface area contributed by atoms with Crippen molar-refractivity contribution in [3.8, 4) is 11.5 Å². The zero-order valence-electron chi connectivity index (χ0n) is 17.3. The molecule has 9 nitrogen and oxygen atoms in total. The van der Waals surface area contributed by atoms with Crippen molar-refractivity contribution in [2.45, 2.75) is 27.7 Å². The number of rotatable bonds is 4. The quantitative estimate of drug-likeness (QED) is 0.603. The van der Waals surface area contributed by atoms with Crippen LogP contribution in [0, 0.1) is 20.8 Å². The fraction of sp³-hybridized carbons (Fsp3) is 0.286. The van der Waals surface area contributed by atoms with E-state index in [4.69, 9.17) is 9.47 Å². The van der Waals surface area contributed by atoms with Crippen LogP contribution in [-0.2, 0) is 14.3 Å². The number of benzene rings is 1. The first-order valence-electron chi connectivity index (χ1n) is 9.10. The summed E-state index contributed by atoms with van der Waals surface area (Å²) in [6, 6.07) is 0. The molecule has 2 heterocycles. The number of fused-ring (bicyclic) bond motifs is 1. The van der Waals surface area contributed by atoms with Gasteiger partial charge in [0.25, 0.3) is 5.91 Å². The van der Waals surface area contributed by atoms with E-state index in [-0.39, 0.29) is 18.1 Å². The van der Waals surface area contributed by atoms with Gasteiger partial charge in [-0.15, -0.1) is 0 Å². The first kappa shape index (κ1) is 21.0. The van der Waals surface area contributed by atoms with Gasteiger partial charge in [0, 0.05) is 30.4 Å². The number of amides is 1. The summed E-state index contributed by atoms with van der Waals surface area (Å²) >= 11 is 0. The molecule has 2 aromatic rings. The minimum Gasteiger partial charge on any atom is -0.488 e. The number of hydrogen-bond acceptors (Lipinski definition) is 8. The SMILES string of the molecule is COC(=O)c1nccnc1NC(=O)C1=Cc2c(C)c(OC(C)=O)c(C)c(C)c2OC1. The van der Waals surface area contributed by atoms with Crippen molar-refractivity contribution in [2.75, 3.05) is 19.0 Å². The van der Waals surface area contributed by atoms with Crippen LogP contribution >= 0.6 is 0 Å². The smallest absolute Gasteiger partial charge is 0.360 e. The third-order valence-corrected chi connectivity index (χ3v) is 4.77. The number of hydrogen-bond donors (Lipinski definition) is 1. The van der Waals surface area contributed by atoms with Crippen molar-refractivity contribution >= 4 is 29.7 Å². The topological polar surface area (TPSA) is 117 Å². The molecule has 3 rings (SSSR count). The Morgan fingerprint density at radius 2 is 1.77 bits per heavy atom. The average Bonchev–Trinajstić information content (AvgIpc) is 2.74. The standard InChI is InChI=1S/C21H21N3O6/c1-10-11(2)18-15(12(3)17(10)30-13(4)25)8-14(9-29-18)20(26)24-19-16(21(27)28-5)22-6-7-23-19/h6-8H,9H2,1-5H3,(H,23,24,26). The largest absolute Gasteiger partial charge is 0.488 e. The number of aromatic nitrogens is 2. The number of esters is 2. The van der Waals surface area contributed by atoms with Gasteiger partial charge in [0.15, 0.2) is 11.5 Å². The molecular weight excluding hydrogens is 390 g/mol. The molecule has 1 aromatic carbocycles. The Labute approximate surface area is 173 Å². The first-order chi connectivity index (χ1) is 14.2. The van der Waals surface area contributed by atoms with Crippen molar-refractivity contribution in [3.63, 3.8) is 0 Å². The summed E-state index contributed by atoms with van der Waals surface area (Å²) in [4.78, 5) is 44.0. The van der Waals surface area contributed by atoms with Crippen molar-refractivity contribution < 1.29 is 28.6 Å². The van der Waals surface area contributed by atoms with Crippen LogP contribution in [0.2, 0.25) is 0 Å². The highest BCUT2D eigenvalue weighted by atomic mass is 16.5. The van der Waals surface area contributed by atoms with E-state index in [0.29, 0.717) is 28.2 Å². The number of nitrogens with one attached hydrogen (secondary N) is 1. The van der Waals surface area contributed by atoms with Gasteiger partial charge in [-0.3, -0.25) is 9.59 Å². The van der Waals surface area contributed by atoms with E-state index in [0.717, 1.165) is 11.1 Å². The highest BCUT2D eigenvalue weighted by molar-refractivity contribution is 6.09. The van der Waals surface area contributed by atoms with Crippen LogP contribution in [0.5, 0.6) is 11.5 Å². The Balaban J connectivity index is 1.98. The fourth-order valence-corrected chi connectivity index (χ4v) is 3.13. The van der Waals surface area contributed by atoms with E-state index in [9.17, 15) is 14.4 Å². The molecule has 0 bridgehead atoms. The lowest BCUT2D eigenvalue weighted by molar-refractivity contribution is -0.132. The molecule has 30 heavy (non-hydrogen) atoms. The van der Waals surface area contributed by atoms with Crippen molar-refractivity contribution in [1.29, 1.82) is 0 Å². The molecule has 156 valence electrons. The summed E-state index contributed by atoms with van der Waals surface area (Å²) in [5, 5.41) is 2.57. The van der Waals surface area contributed by atoms with Crippen LogP contribution < -0.4 is 14.8 Å². The van der Waals surface area contributed by atoms with Gasteiger partial charge in [0.2, 0.25) is 0 Å². The van der Waals surface area contributed by atoms with Crippen LogP contribution in [0.15, 0.2) is 18.0 Å². The van der Waals surface area contributed by atoms with E-state index in [1.165, 1.54) is 26.4 Å². The minimum absolute atomic E-state index is 0.0153. The van der Waals surface area contributed by atoms with E-state index in [2.05, 4.69) is 20.0 Å². The lowest BCUT2D eigenvalue weighted by Gasteiger charge is -2.24. The Morgan fingerprint density at radius 1 is 1.07 bits per heavy atom. The monoisotopic (exact) mass is 411 g/mol. The summed E-state index contributed by atoms with van der Waals surface area (Å²) in [6.07, 6.45) is 4.36. The normalized spacial score (nSPS) is 12.2. The molecule has 1 N–H and O–H groups in total. The van der Waals surface area contributed by atoms with Crippen molar-refractivity contribution in [2.24, 2.45) is 0 Å². The Morgan fingerprint density at radius 3 is 2.43 bits per heavy atom. The molecule has 0 saturated carbocycles. The number of carbonyl (C=O) groups is 3. The summed E-state index contributed by atoms with van der Waals surface area (Å²) in [5.74, 6) is -0.589. The third-order valence-electron chi connectivity index (χ3n) is 4.77. The molecule has 0 aliphatic carbocycles. The fourth-order valence-electron chi connectivity index (χ4n) is 3.13. The van der Waals surface area contributed by atoms with Crippen molar-refractivity contribution in [1.82, 2.24) is 9.97 Å². The number of nitrogens with zero attached hydrogens (tertiary/aromatic N) is 2. The van der Waals surface area contributed by atoms with Gasteiger partial charge in [-0.2, -0.15) is 0 Å². The minimum atomic E-state index is -0.717. The van der Waals surface area contributed by atoms with Gasteiger partial charge in [-0.1, -0.05) is 0 Å². The lowest BCUT2D eigenvalue weighted by Crippen LogP contribution is -2.24. The summed E-state index contributed by atoms with van der Waals surface area (Å²) in [5.41, 5.74) is 3.16. The highest BCUT2D eigenvalue weighted by Crippen LogP contribution is 2.41. The molecule has 0 radical (unpaired) electrons. The van der Waals surface area contributed by atoms with Crippen molar-refractivity contribution in [3.05, 3.63) is 45.9 Å². The Kier molecular flexibility index (Phi) is 5.81. The average molecular weight is 411 g/mol. The van der Waals surface area contributed by atoms with Gasteiger partial charge < -0.3 is 19.5 Å². The molecule has 9 heteroatoms. The van der Waals surface area contributed by atoms with Gasteiger partial charge in [-0.05, 0) is 38.0 Å². The van der Waals surface area contributed by atoms with E-state index in [1.54, 1.807) is 13.0 Å². The van der Waals surface area contributed by atoms with E-state index in [1.807, 2.05) is 13.8 Å². The molecule has 1 aliphatic heterocycles. The molecule has 0 unspecified atom stereocenters. The molecule has 1 aromatic heterocycles. The molecule has 0 atom stereocenters. The molecule has 0 saturated heterocycles. The van der Waals surface area contributed by atoms with Gasteiger partial charge >= 0.3 is 11.9 Å². The zero-order chi connectivity index (χ0) is 22.0. The second-order valence-electron chi connectivity index (χ2n) is 6.70. The third kappa shape index (κ3) is 3.86. The van der Waals surface area contributed by atoms with Crippen LogP contribution in [0.1, 0.15) is 39.7 Å². The van der Waals surface area contributed by atoms with E-state index < -0.39 is 17.8 Å². The first-order valence-corrected chi connectivity index (χ1v) is 9.10. The molecular formula is C21H21N3O6. The molecule has 0 fully saturated rings. The second-order valence-corrected chi connectivity index (χ2v) is 6.70. The maximum Gasteiger partial charge on any atom is 0.360 e. The summed E-state index contributed by atoms with van der Waals surface area (Å²) in [7, 11) is 1.21. The van der Waals surface area contributed by atoms with Crippen LogP contribution in [0.4, 0.5) is 5.82 Å². The summed E-state index contributed by atoms with van der Waals surface area (Å²) < 4.78 is 15.9. The second kappa shape index (κ2) is 8.32. The van der Waals surface area contributed by atoms with E-state index >= 15 is 0 Å². The van der Waals surface area contributed by atoms with Gasteiger partial charge in [0.1, 0.15) is 18.1 Å². The number of anilines is 1. The lowest BCUT2D eigenvalue weighted by atomic mass is 9.94. The maximum atomic E-state index is 12.8. The predicted molar refractivity (Wildman–Crippen MR) is 107 cm³/mol. The molecule has 1 amide bonds. The van der Waals surface area contributed by atoms with Gasteiger partial charge in [-0.25, -0.2) is 14.8 Å². The molecule has 1 aliphatic rings. The number of ether oxygens (including phenoxy) is 3. The van der Waals surface area contributed by atoms with Crippen LogP contribution in [0.3, 0.4) is 0 Å². The number of carbonyl (C=O) groups excluding carboxylic acids is 3. The Hall–Kier alpha value is -3.75. The highest BCUT2D eigenvalue weighted by Gasteiger charge is 2.26. The summed E-state index contributed by atoms with van der Waals surface area (Å²) in [6.45, 7) is 6.86. The zero-order valence-corrected chi connectivity index (χ0v) is 17.3. The van der Waals surface area contributed by atoms with Crippen LogP contribution in [-0.4, -0.2) is 41.5 Å². The molecule has 0 spiro atoms. The predicted octanol–water partition coefficient (Wildman–Crippen LogP) is 2.53. The maximum absolute atomic E-state index is 12.8.